The van der Waals surface area contributed by atoms with Gasteiger partial charge in [0.25, 0.3) is 0 Å². The van der Waals surface area contributed by atoms with Crippen LogP contribution in [0, 0.1) is 0 Å². The molecule has 0 aliphatic carbocycles. The number of carbonyl (C=O) groups is 1. The highest BCUT2D eigenvalue weighted by atomic mass is 35.6. The van der Waals surface area contributed by atoms with Crippen LogP contribution in [0.1, 0.15) is 0 Å². The SMILES string of the molecule is C=CC(=O)N[C@H](NC(=S)Nc1ccccc1Cl)C(Cl)(Cl)Cl. The van der Waals surface area contributed by atoms with E-state index in [0.29, 0.717) is 10.7 Å². The third kappa shape index (κ3) is 6.28. The summed E-state index contributed by atoms with van der Waals surface area (Å²) < 4.78 is -1.81. The molecule has 0 spiro atoms. The molecule has 0 heterocycles. The summed E-state index contributed by atoms with van der Waals surface area (Å²) in [6.45, 7) is 3.32. The Balaban J connectivity index is 2.75. The van der Waals surface area contributed by atoms with Gasteiger partial charge in [-0.2, -0.15) is 0 Å². The first-order valence-electron chi connectivity index (χ1n) is 5.55. The van der Waals surface area contributed by atoms with Gasteiger partial charge in [-0.05, 0) is 30.4 Å². The number of nitrogens with one attached hydrogen (secondary N) is 3. The van der Waals surface area contributed by atoms with E-state index in [1.165, 1.54) is 0 Å². The molecule has 1 amide bonds. The Bertz CT molecular complexity index is 548. The van der Waals surface area contributed by atoms with Crippen LogP contribution in [-0.4, -0.2) is 21.0 Å². The van der Waals surface area contributed by atoms with E-state index in [9.17, 15) is 4.79 Å². The molecule has 0 fully saturated rings. The fraction of sp³-hybridized carbons (Fsp3) is 0.167. The fourth-order valence-electron chi connectivity index (χ4n) is 1.25. The van der Waals surface area contributed by atoms with Crippen LogP contribution in [-0.2, 0) is 4.79 Å². The molecule has 0 radical (unpaired) electrons. The Kier molecular flexibility index (Phi) is 7.03. The number of hydrogen-bond acceptors (Lipinski definition) is 2. The van der Waals surface area contributed by atoms with E-state index in [1.54, 1.807) is 24.3 Å². The third-order valence-electron chi connectivity index (χ3n) is 2.20. The van der Waals surface area contributed by atoms with Crippen LogP contribution in [0.5, 0.6) is 0 Å². The van der Waals surface area contributed by atoms with Crippen LogP contribution in [0.2, 0.25) is 5.02 Å². The summed E-state index contributed by atoms with van der Waals surface area (Å²) in [6, 6.07) is 6.97. The molecule has 0 bridgehead atoms. The van der Waals surface area contributed by atoms with Gasteiger partial charge in [-0.3, -0.25) is 4.79 Å². The first-order valence-corrected chi connectivity index (χ1v) is 7.47. The molecule has 1 rings (SSSR count). The summed E-state index contributed by atoms with van der Waals surface area (Å²) in [4.78, 5) is 11.3. The van der Waals surface area contributed by atoms with Crippen LogP contribution in [0.15, 0.2) is 36.9 Å². The van der Waals surface area contributed by atoms with Crippen molar-refractivity contribution in [2.45, 2.75) is 9.96 Å². The predicted molar refractivity (Wildman–Crippen MR) is 93.2 cm³/mol. The largest absolute Gasteiger partial charge is 0.339 e. The molecule has 1 aromatic rings. The van der Waals surface area contributed by atoms with Crippen LogP contribution in [0.25, 0.3) is 0 Å². The Labute approximate surface area is 147 Å². The van der Waals surface area contributed by atoms with E-state index >= 15 is 0 Å². The molecule has 1 atom stereocenters. The summed E-state index contributed by atoms with van der Waals surface area (Å²) in [7, 11) is 0. The second-order valence-electron chi connectivity index (χ2n) is 3.77. The van der Waals surface area contributed by atoms with Gasteiger partial charge in [-0.15, -0.1) is 0 Å². The van der Waals surface area contributed by atoms with Gasteiger partial charge in [0.1, 0.15) is 6.17 Å². The van der Waals surface area contributed by atoms with E-state index in [0.717, 1.165) is 6.08 Å². The lowest BCUT2D eigenvalue weighted by Crippen LogP contribution is -2.55. The molecule has 0 unspecified atom stereocenters. The Hall–Kier alpha value is -0.720. The molecule has 0 aliphatic rings. The molecule has 3 N–H and O–H groups in total. The Morgan fingerprint density at radius 3 is 2.43 bits per heavy atom. The van der Waals surface area contributed by atoms with Crippen molar-refractivity contribution >= 4 is 75.3 Å². The number of anilines is 1. The van der Waals surface area contributed by atoms with E-state index in [1.807, 2.05) is 0 Å². The van der Waals surface area contributed by atoms with Crippen LogP contribution in [0.4, 0.5) is 5.69 Å². The van der Waals surface area contributed by atoms with Gasteiger partial charge >= 0.3 is 0 Å². The Morgan fingerprint density at radius 2 is 1.90 bits per heavy atom. The second-order valence-corrected chi connectivity index (χ2v) is 6.95. The Morgan fingerprint density at radius 1 is 1.29 bits per heavy atom. The first kappa shape index (κ1) is 18.3. The maximum atomic E-state index is 11.3. The summed E-state index contributed by atoms with van der Waals surface area (Å²) in [5, 5.41) is 8.54. The molecular formula is C12H11Cl4N3OS. The average molecular weight is 387 g/mol. The van der Waals surface area contributed by atoms with Gasteiger partial charge in [-0.1, -0.05) is 65.1 Å². The molecule has 0 aromatic heterocycles. The van der Waals surface area contributed by atoms with Crippen molar-refractivity contribution in [1.82, 2.24) is 10.6 Å². The van der Waals surface area contributed by atoms with E-state index < -0.39 is 15.9 Å². The molecule has 21 heavy (non-hydrogen) atoms. The zero-order valence-corrected chi connectivity index (χ0v) is 14.3. The number of carbonyl (C=O) groups excluding carboxylic acids is 1. The van der Waals surface area contributed by atoms with E-state index in [-0.39, 0.29) is 5.11 Å². The van der Waals surface area contributed by atoms with Crippen molar-refractivity contribution < 1.29 is 4.79 Å². The monoisotopic (exact) mass is 385 g/mol. The van der Waals surface area contributed by atoms with Crippen molar-refractivity contribution in [2.75, 3.05) is 5.32 Å². The van der Waals surface area contributed by atoms with Gasteiger partial charge in [0, 0.05) is 0 Å². The molecule has 4 nitrogen and oxygen atoms in total. The average Bonchev–Trinajstić information content (AvgIpc) is 2.39. The third-order valence-corrected chi connectivity index (χ3v) is 3.40. The lowest BCUT2D eigenvalue weighted by molar-refractivity contribution is -0.117. The minimum Gasteiger partial charge on any atom is -0.339 e. The van der Waals surface area contributed by atoms with Crippen LogP contribution >= 0.6 is 58.6 Å². The number of rotatable bonds is 4. The molecule has 1 aromatic carbocycles. The minimum absolute atomic E-state index is 0.129. The summed E-state index contributed by atoms with van der Waals surface area (Å²) in [6.07, 6.45) is 0.00537. The number of benzene rings is 1. The summed E-state index contributed by atoms with van der Waals surface area (Å²) in [5.41, 5.74) is 0.579. The molecule has 0 saturated heterocycles. The van der Waals surface area contributed by atoms with E-state index in [4.69, 9.17) is 58.6 Å². The van der Waals surface area contributed by atoms with E-state index in [2.05, 4.69) is 22.5 Å². The predicted octanol–water partition coefficient (Wildman–Crippen LogP) is 3.62. The van der Waals surface area contributed by atoms with Crippen LogP contribution in [0.3, 0.4) is 0 Å². The fourth-order valence-corrected chi connectivity index (χ4v) is 1.99. The van der Waals surface area contributed by atoms with Crippen molar-refractivity contribution in [3.63, 3.8) is 0 Å². The second kappa shape index (κ2) is 8.06. The highest BCUT2D eigenvalue weighted by molar-refractivity contribution is 7.80. The number of halogens is 4. The topological polar surface area (TPSA) is 53.2 Å². The van der Waals surface area contributed by atoms with Gasteiger partial charge in [0.2, 0.25) is 9.70 Å². The lowest BCUT2D eigenvalue weighted by atomic mass is 10.3. The maximum Gasteiger partial charge on any atom is 0.245 e. The van der Waals surface area contributed by atoms with Gasteiger partial charge < -0.3 is 16.0 Å². The van der Waals surface area contributed by atoms with Crippen molar-refractivity contribution in [1.29, 1.82) is 0 Å². The number of para-hydroxylation sites is 1. The standard InChI is InChI=1S/C12H11Cl4N3OS/c1-2-9(20)18-10(12(14,15)16)19-11(21)17-8-6-4-3-5-7(8)13/h2-6,10H,1H2,(H,18,20)(H2,17,19,21)/t10-/m1/s1. The van der Waals surface area contributed by atoms with Gasteiger partial charge in [-0.25, -0.2) is 0 Å². The van der Waals surface area contributed by atoms with Crippen molar-refractivity contribution in [2.24, 2.45) is 0 Å². The summed E-state index contributed by atoms with van der Waals surface area (Å²) in [5.74, 6) is -0.514. The zero-order chi connectivity index (χ0) is 16.0. The minimum atomic E-state index is -1.81. The molecular weight excluding hydrogens is 376 g/mol. The maximum absolute atomic E-state index is 11.3. The zero-order valence-electron chi connectivity index (χ0n) is 10.5. The number of hydrogen-bond donors (Lipinski definition) is 3. The molecule has 0 saturated carbocycles. The van der Waals surface area contributed by atoms with Crippen molar-refractivity contribution in [3.8, 4) is 0 Å². The molecule has 114 valence electrons. The molecule has 0 aliphatic heterocycles. The number of alkyl halides is 3. The summed E-state index contributed by atoms with van der Waals surface area (Å²) >= 11 is 28.4. The number of thiocarbonyl (C=S) groups is 1. The quantitative estimate of drug-likeness (QED) is 0.320. The normalized spacial score (nSPS) is 12.2. The first-order chi connectivity index (χ1) is 9.74. The van der Waals surface area contributed by atoms with Crippen molar-refractivity contribution in [3.05, 3.63) is 41.9 Å². The highest BCUT2D eigenvalue weighted by Gasteiger charge is 2.34. The molecule has 9 heteroatoms. The van der Waals surface area contributed by atoms with Gasteiger partial charge in [0.05, 0.1) is 10.7 Å². The highest BCUT2D eigenvalue weighted by Crippen LogP contribution is 2.29. The van der Waals surface area contributed by atoms with Gasteiger partial charge in [0.15, 0.2) is 5.11 Å². The smallest absolute Gasteiger partial charge is 0.245 e. The lowest BCUT2D eigenvalue weighted by Gasteiger charge is -2.27. The van der Waals surface area contributed by atoms with Crippen LogP contribution < -0.4 is 16.0 Å². The number of amides is 1.